The Bertz CT molecular complexity index is 2520. The molecule has 0 radical (unpaired) electrons. The zero-order valence-electron chi connectivity index (χ0n) is 35.5. The Morgan fingerprint density at radius 2 is 1.68 bits per heavy atom. The number of likely N-dealkylation sites (tertiary alicyclic amines) is 1. The number of amides is 4. The second-order valence-electron chi connectivity index (χ2n) is 17.4. The van der Waals surface area contributed by atoms with Crippen LogP contribution in [0.25, 0.3) is 22.2 Å². The molecule has 4 amide bonds. The first-order valence-electron chi connectivity index (χ1n) is 19.8. The molecule has 6 rings (SSSR count). The highest BCUT2D eigenvalue weighted by Crippen LogP contribution is 2.45. The van der Waals surface area contributed by atoms with Crippen LogP contribution in [0.15, 0.2) is 96.4 Å². The summed E-state index contributed by atoms with van der Waals surface area (Å²) >= 11 is 0. The zero-order chi connectivity index (χ0) is 45.4. The molecule has 3 N–H and O–H groups in total. The number of carbonyl (C=O) groups is 4. The number of non-ortho nitro benzene ring substituents is 1. The van der Waals surface area contributed by atoms with Crippen LogP contribution < -0.4 is 24.8 Å². The van der Waals surface area contributed by atoms with Gasteiger partial charge in [-0.25, -0.2) is 22.9 Å². The highest BCUT2D eigenvalue weighted by molar-refractivity contribution is 7.90. The molecule has 2 unspecified atom stereocenters. The molecule has 0 bridgehead atoms. The number of alkyl carbamates (subject to hydrolysis) is 1. The van der Waals surface area contributed by atoms with E-state index >= 15 is 0 Å². The quantitative estimate of drug-likeness (QED) is 0.0839. The number of benzene rings is 3. The van der Waals surface area contributed by atoms with Gasteiger partial charge in [0.1, 0.15) is 40.8 Å². The number of nitrogens with zero attached hydrogens (tertiary/aromatic N) is 3. The third-order valence-corrected chi connectivity index (χ3v) is 11.9. The van der Waals surface area contributed by atoms with Crippen LogP contribution in [0.4, 0.5) is 10.5 Å². The van der Waals surface area contributed by atoms with E-state index in [1.807, 2.05) is 35.1 Å². The smallest absolute Gasteiger partial charge is 0.408 e. The topological polar surface area (TPSA) is 225 Å². The molecule has 62 heavy (non-hydrogen) atoms. The van der Waals surface area contributed by atoms with Gasteiger partial charge in [0.15, 0.2) is 0 Å². The lowest BCUT2D eigenvalue weighted by atomic mass is 9.85. The van der Waals surface area contributed by atoms with Gasteiger partial charge in [0.2, 0.25) is 11.8 Å². The Labute approximate surface area is 359 Å². The predicted octanol–water partition coefficient (Wildman–Crippen LogP) is 5.67. The summed E-state index contributed by atoms with van der Waals surface area (Å²) in [5.41, 5.74) is -1.93. The zero-order valence-corrected chi connectivity index (χ0v) is 36.3. The van der Waals surface area contributed by atoms with Gasteiger partial charge in [-0.05, 0) is 56.9 Å². The van der Waals surface area contributed by atoms with Gasteiger partial charge >= 0.3 is 6.09 Å². The molecule has 1 aromatic heterocycles. The molecule has 4 aromatic rings. The average Bonchev–Trinajstić information content (AvgIpc) is 3.77. The number of hydrogen-bond acceptors (Lipinski definition) is 12. The van der Waals surface area contributed by atoms with Gasteiger partial charge < -0.3 is 29.7 Å². The fourth-order valence-corrected chi connectivity index (χ4v) is 8.35. The normalized spacial score (nSPS) is 20.4. The molecular weight excluding hydrogens is 821 g/mol. The number of aromatic nitrogens is 1. The number of sulfonamides is 1. The summed E-state index contributed by atoms with van der Waals surface area (Å²) in [5, 5.41) is 17.2. The number of carbonyl (C=O) groups excluding carboxylic acids is 4. The number of pyridine rings is 1. The number of hydrogen-bond donors (Lipinski definition) is 3. The Kier molecular flexibility index (Phi) is 12.4. The van der Waals surface area contributed by atoms with Crippen LogP contribution in [0, 0.1) is 21.4 Å². The summed E-state index contributed by atoms with van der Waals surface area (Å²) in [6.45, 7) is 13.9. The highest BCUT2D eigenvalue weighted by Gasteiger charge is 2.61. The van der Waals surface area contributed by atoms with E-state index in [9.17, 15) is 37.7 Å². The Morgan fingerprint density at radius 1 is 1.00 bits per heavy atom. The van der Waals surface area contributed by atoms with E-state index in [2.05, 4.69) is 17.2 Å². The number of nitro groups is 1. The molecule has 328 valence electrons. The van der Waals surface area contributed by atoms with E-state index in [1.54, 1.807) is 72.9 Å². The van der Waals surface area contributed by atoms with Crippen molar-refractivity contribution in [2.75, 3.05) is 13.7 Å². The number of ether oxygens (including phenoxy) is 3. The third kappa shape index (κ3) is 9.80. The summed E-state index contributed by atoms with van der Waals surface area (Å²) < 4.78 is 46.3. The third-order valence-electron chi connectivity index (χ3n) is 10.6. The fraction of sp³-hybridized carbons (Fsp3) is 0.386. The predicted molar refractivity (Wildman–Crippen MR) is 228 cm³/mol. The van der Waals surface area contributed by atoms with Crippen LogP contribution in [0.2, 0.25) is 0 Å². The second kappa shape index (κ2) is 17.1. The van der Waals surface area contributed by atoms with Crippen LogP contribution in [0.1, 0.15) is 54.4 Å². The molecule has 1 aliphatic carbocycles. The summed E-state index contributed by atoms with van der Waals surface area (Å²) in [6.07, 6.45) is -0.323. The summed E-state index contributed by atoms with van der Waals surface area (Å²) in [5.74, 6) is -2.18. The minimum Gasteiger partial charge on any atom is -0.497 e. The Balaban J connectivity index is 1.34. The van der Waals surface area contributed by atoms with Crippen molar-refractivity contribution in [2.24, 2.45) is 11.3 Å². The first-order valence-corrected chi connectivity index (χ1v) is 21.3. The van der Waals surface area contributed by atoms with Crippen molar-refractivity contribution in [3.63, 3.8) is 0 Å². The molecule has 18 heteroatoms. The lowest BCUT2D eigenvalue weighted by molar-refractivity contribution is -0.384. The number of methoxy groups -OCH3 is 1. The molecule has 17 nitrogen and oxygen atoms in total. The van der Waals surface area contributed by atoms with Crippen molar-refractivity contribution in [1.29, 1.82) is 0 Å². The van der Waals surface area contributed by atoms with Crippen LogP contribution in [0.5, 0.6) is 11.5 Å². The van der Waals surface area contributed by atoms with Gasteiger partial charge in [0, 0.05) is 47.6 Å². The Hall–Kier alpha value is -6.56. The van der Waals surface area contributed by atoms with Crippen molar-refractivity contribution >= 4 is 50.4 Å². The van der Waals surface area contributed by atoms with Crippen molar-refractivity contribution in [3.05, 3.63) is 102 Å². The second-order valence-corrected chi connectivity index (χ2v) is 19.1. The SMILES string of the molecule is C=CC1CC1(NC(=O)[C@@H]1C[C@@H](Oc2cc(-c3ccccc3)nc3cc(OC)ccc23)CN1C(=O)[C@@H](NC(=O)OC(C)(C)C)C(C)(C)C)C(=O)NS(=O)(=O)c1ccc([N+](=O)[O-])cc1. The monoisotopic (exact) mass is 870 g/mol. The Morgan fingerprint density at radius 3 is 2.26 bits per heavy atom. The molecule has 1 saturated carbocycles. The lowest BCUT2D eigenvalue weighted by Gasteiger charge is -2.36. The molecular formula is C44H50N6O11S. The van der Waals surface area contributed by atoms with Crippen molar-refractivity contribution in [2.45, 2.75) is 88.6 Å². The maximum atomic E-state index is 14.8. The molecule has 1 aliphatic heterocycles. The van der Waals surface area contributed by atoms with Gasteiger partial charge in [-0.15, -0.1) is 6.58 Å². The van der Waals surface area contributed by atoms with E-state index < -0.39 is 84.3 Å². The van der Waals surface area contributed by atoms with Gasteiger partial charge in [-0.1, -0.05) is 57.2 Å². The van der Waals surface area contributed by atoms with E-state index in [4.69, 9.17) is 19.2 Å². The number of nitrogens with one attached hydrogen (secondary N) is 3. The van der Waals surface area contributed by atoms with E-state index in [0.717, 1.165) is 29.8 Å². The largest absolute Gasteiger partial charge is 0.497 e. The molecule has 2 aliphatic rings. The van der Waals surface area contributed by atoms with Crippen LogP contribution in [-0.2, 0) is 29.1 Å². The van der Waals surface area contributed by atoms with Crippen LogP contribution >= 0.6 is 0 Å². The molecule has 3 aromatic carbocycles. The lowest BCUT2D eigenvalue weighted by Crippen LogP contribution is -2.60. The molecule has 5 atom stereocenters. The maximum absolute atomic E-state index is 14.8. The van der Waals surface area contributed by atoms with Crippen LogP contribution in [0.3, 0.4) is 0 Å². The van der Waals surface area contributed by atoms with Gasteiger partial charge in [-0.2, -0.15) is 0 Å². The van der Waals surface area contributed by atoms with E-state index in [0.29, 0.717) is 28.1 Å². The van der Waals surface area contributed by atoms with Gasteiger partial charge in [-0.3, -0.25) is 24.5 Å². The minimum absolute atomic E-state index is 0.00993. The summed E-state index contributed by atoms with van der Waals surface area (Å²) in [4.78, 5) is 72.5. The van der Waals surface area contributed by atoms with Crippen molar-refractivity contribution < 1.29 is 46.7 Å². The first-order chi connectivity index (χ1) is 29.0. The number of rotatable bonds is 13. The van der Waals surface area contributed by atoms with Crippen molar-refractivity contribution in [1.82, 2.24) is 25.2 Å². The standard InChI is InChI=1S/C44H50N6O11S/c1-9-27-24-44(27,40(53)48-62(57,58)31-18-15-28(16-19-31)50(55)56)47-38(51)35-22-30(25-49(35)39(52)37(42(2,3)4)46-41(54)61-43(5,6)7)60-36-23-33(26-13-11-10-12-14-26)45-34-21-29(59-8)17-20-32(34)36/h9-21,23,27,30,35,37H,1,22,24-25H2,2-8H3,(H,46,54)(H,47,51)(H,48,53)/t27?,30-,35+,37-,44?/m1/s1. The highest BCUT2D eigenvalue weighted by atomic mass is 32.2. The number of nitro benzene ring substituents is 1. The maximum Gasteiger partial charge on any atom is 0.408 e. The van der Waals surface area contributed by atoms with Crippen LogP contribution in [-0.4, -0.2) is 90.0 Å². The van der Waals surface area contributed by atoms with Gasteiger partial charge in [0.25, 0.3) is 21.6 Å². The summed E-state index contributed by atoms with van der Waals surface area (Å²) in [7, 11) is -3.01. The number of fused-ring (bicyclic) bond motifs is 1. The molecule has 1 saturated heterocycles. The summed E-state index contributed by atoms with van der Waals surface area (Å²) in [6, 6.07) is 18.0. The minimum atomic E-state index is -4.55. The average molecular weight is 871 g/mol. The fourth-order valence-electron chi connectivity index (χ4n) is 7.31. The van der Waals surface area contributed by atoms with Crippen molar-refractivity contribution in [3.8, 4) is 22.8 Å². The van der Waals surface area contributed by atoms with Gasteiger partial charge in [0.05, 0.1) is 34.7 Å². The molecule has 2 heterocycles. The van der Waals surface area contributed by atoms with E-state index in [1.165, 1.54) is 11.0 Å². The van der Waals surface area contributed by atoms with E-state index in [-0.39, 0.29) is 25.1 Å². The molecule has 0 spiro atoms. The first kappa shape index (κ1) is 45.0. The molecule has 2 fully saturated rings.